The molecule has 0 radical (unpaired) electrons. The molecule has 5 aromatic rings. The molecule has 0 atom stereocenters. The van der Waals surface area contributed by atoms with E-state index in [2.05, 4.69) is 24.9 Å². The van der Waals surface area contributed by atoms with Gasteiger partial charge in [-0.3, -0.25) is 19.6 Å². The third-order valence-corrected chi connectivity index (χ3v) is 7.55. The molecule has 7 rings (SSSR count). The predicted octanol–water partition coefficient (Wildman–Crippen LogP) is 4.81. The number of anilines is 3. The summed E-state index contributed by atoms with van der Waals surface area (Å²) in [5.74, 6) is 0.754. The lowest BCUT2D eigenvalue weighted by atomic mass is 10.2. The fourth-order valence-corrected chi connectivity index (χ4v) is 5.17. The van der Waals surface area contributed by atoms with Crippen LogP contribution in [0.2, 0.25) is 0 Å². The van der Waals surface area contributed by atoms with Crippen LogP contribution >= 0.6 is 0 Å². The first-order chi connectivity index (χ1) is 25.7. The van der Waals surface area contributed by atoms with Crippen LogP contribution in [-0.2, 0) is 17.8 Å². The standard InChI is InChI=1S/C18H19N5O6.C16H15N5O3.2CH4/c1-2-27-18(24)22-11-12-6-5-7-13(10-12)28-8-3-4-9-29-17-20-15(19)14(23(25)26)16(22)21-17;17-13-12-14-20-15(19-13)24-7-2-1-6-23-11-5-3-4-10(8-11)9-21(14)16(22)18-12;;/h3-7,10H,2,8-9,11H2,1H3,(H2,19,20,21);1-5,8H,6-7,9H2,(H,18,22)(H2,17,19,20);2*1H4/b4-3+;2-1+;;. The third kappa shape index (κ3) is 9.83. The highest BCUT2D eigenvalue weighted by atomic mass is 16.6. The van der Waals surface area contributed by atoms with Crippen LogP contribution in [0.3, 0.4) is 0 Å². The van der Waals surface area contributed by atoms with Crippen molar-refractivity contribution in [1.29, 1.82) is 0 Å². The number of nitrogen functional groups attached to an aromatic ring is 2. The highest BCUT2D eigenvalue weighted by Gasteiger charge is 2.32. The second-order valence-corrected chi connectivity index (χ2v) is 11.2. The molecule has 0 fully saturated rings. The molecule has 19 nitrogen and oxygen atoms in total. The Balaban J connectivity index is 0.000000239. The van der Waals surface area contributed by atoms with Crippen molar-refractivity contribution in [2.45, 2.75) is 34.9 Å². The number of hydrogen-bond acceptors (Lipinski definition) is 15. The van der Waals surface area contributed by atoms with E-state index in [0.717, 1.165) is 16.2 Å². The lowest BCUT2D eigenvalue weighted by molar-refractivity contribution is -0.383. The van der Waals surface area contributed by atoms with E-state index in [0.29, 0.717) is 42.2 Å². The number of nitrogens with two attached hydrogens (primary N) is 2. The molecule has 290 valence electrons. The number of hydrogen-bond donors (Lipinski definition) is 3. The summed E-state index contributed by atoms with van der Waals surface area (Å²) in [5.41, 5.74) is 13.2. The third-order valence-electron chi connectivity index (χ3n) is 7.55. The second-order valence-electron chi connectivity index (χ2n) is 11.2. The zero-order valence-electron chi connectivity index (χ0n) is 28.3. The molecular formula is C36H42N10O9. The SMILES string of the molecule is C.C.CCOC(=O)N1Cc2cccc(c2)OC/C=C/COc2nc(N)c([N+](=O)[O-])c1n2.Nc1nc2nc3c1[nH]c(=O)n3Cc1cccc(c1)OC/C=C/CO2. The average Bonchev–Trinajstić information content (AvgIpc) is 3.44. The number of H-pyrrole nitrogens is 1. The number of benzene rings is 2. The normalized spacial score (nSPS) is 14.5. The molecule has 0 saturated heterocycles. The smallest absolute Gasteiger partial charge is 0.415 e. The van der Waals surface area contributed by atoms with Gasteiger partial charge in [-0.15, -0.1) is 0 Å². The van der Waals surface area contributed by atoms with Crippen molar-refractivity contribution < 1.29 is 33.4 Å². The fraction of sp³-hybridized carbons (Fsp3) is 0.278. The summed E-state index contributed by atoms with van der Waals surface area (Å²) >= 11 is 0. The summed E-state index contributed by atoms with van der Waals surface area (Å²) in [7, 11) is 0. The minimum atomic E-state index is -0.821. The quantitative estimate of drug-likeness (QED) is 0.124. The zero-order valence-corrected chi connectivity index (χ0v) is 28.3. The summed E-state index contributed by atoms with van der Waals surface area (Å²) in [6, 6.07) is 14.5. The summed E-state index contributed by atoms with van der Waals surface area (Å²) in [5, 5.41) is 11.6. The number of carbonyl (C=O) groups is 1. The van der Waals surface area contributed by atoms with Gasteiger partial charge in [0.1, 0.15) is 43.4 Å². The molecule has 2 aromatic carbocycles. The maximum atomic E-state index is 12.6. The Morgan fingerprint density at radius 1 is 0.836 bits per heavy atom. The Labute approximate surface area is 315 Å². The number of imidazole rings is 1. The lowest BCUT2D eigenvalue weighted by Gasteiger charge is -2.22. The Bertz CT molecular complexity index is 2250. The van der Waals surface area contributed by atoms with Crippen molar-refractivity contribution in [1.82, 2.24) is 29.5 Å². The minimum Gasteiger partial charge on any atom is -0.490 e. The molecule has 55 heavy (non-hydrogen) atoms. The highest BCUT2D eigenvalue weighted by Crippen LogP contribution is 2.34. The van der Waals surface area contributed by atoms with E-state index in [9.17, 15) is 19.7 Å². The van der Waals surface area contributed by atoms with Gasteiger partial charge in [-0.05, 0) is 66.6 Å². The Morgan fingerprint density at radius 3 is 1.96 bits per heavy atom. The van der Waals surface area contributed by atoms with Crippen LogP contribution in [0.5, 0.6) is 23.5 Å². The zero-order chi connectivity index (χ0) is 37.3. The molecule has 0 aliphatic carbocycles. The minimum absolute atomic E-state index is 0. The Morgan fingerprint density at radius 2 is 1.38 bits per heavy atom. The number of rotatable bonds is 2. The molecule has 1 amide bonds. The number of fused-ring (bicyclic) bond motifs is 7. The monoisotopic (exact) mass is 758 g/mol. The molecule has 0 saturated carbocycles. The number of ether oxygens (including phenoxy) is 5. The van der Waals surface area contributed by atoms with Crippen LogP contribution in [0.1, 0.15) is 32.9 Å². The van der Waals surface area contributed by atoms with Gasteiger partial charge in [-0.1, -0.05) is 39.1 Å². The van der Waals surface area contributed by atoms with E-state index in [1.165, 1.54) is 4.57 Å². The van der Waals surface area contributed by atoms with E-state index in [4.69, 9.17) is 35.2 Å². The van der Waals surface area contributed by atoms with Gasteiger partial charge < -0.3 is 40.1 Å². The van der Waals surface area contributed by atoms with Gasteiger partial charge in [0.05, 0.1) is 24.6 Å². The number of carbonyl (C=O) groups excluding carboxylic acids is 1. The predicted molar refractivity (Wildman–Crippen MR) is 205 cm³/mol. The molecule has 5 N–H and O–H groups in total. The first-order valence-corrected chi connectivity index (χ1v) is 16.2. The maximum Gasteiger partial charge on any atom is 0.415 e. The van der Waals surface area contributed by atoms with Crippen LogP contribution in [0.15, 0.2) is 77.6 Å². The first kappa shape index (κ1) is 40.6. The maximum absolute atomic E-state index is 12.6. The van der Waals surface area contributed by atoms with Crippen LogP contribution in [0, 0.1) is 10.1 Å². The number of aromatic nitrogens is 6. The van der Waals surface area contributed by atoms with Gasteiger partial charge in [0.15, 0.2) is 11.5 Å². The van der Waals surface area contributed by atoms with E-state index < -0.39 is 22.5 Å². The molecule has 19 heteroatoms. The summed E-state index contributed by atoms with van der Waals surface area (Å²) in [4.78, 5) is 55.8. The molecule has 3 aromatic heterocycles. The van der Waals surface area contributed by atoms with Crippen molar-refractivity contribution in [2.75, 3.05) is 49.4 Å². The topological polar surface area (TPSA) is 251 Å². The van der Waals surface area contributed by atoms with Crippen LogP contribution in [-0.4, -0.2) is 73.5 Å². The van der Waals surface area contributed by atoms with Gasteiger partial charge in [-0.25, -0.2) is 9.59 Å². The van der Waals surface area contributed by atoms with Crippen LogP contribution < -0.4 is 41.0 Å². The fourth-order valence-electron chi connectivity index (χ4n) is 5.17. The summed E-state index contributed by atoms with van der Waals surface area (Å²) < 4.78 is 28.7. The lowest BCUT2D eigenvalue weighted by Crippen LogP contribution is -2.33. The van der Waals surface area contributed by atoms with Crippen molar-refractivity contribution >= 4 is 40.4 Å². The van der Waals surface area contributed by atoms with Crippen molar-refractivity contribution in [3.8, 4) is 23.5 Å². The van der Waals surface area contributed by atoms with Crippen LogP contribution in [0.25, 0.3) is 11.2 Å². The van der Waals surface area contributed by atoms with Crippen molar-refractivity contribution in [3.63, 3.8) is 0 Å². The van der Waals surface area contributed by atoms with E-state index in [-0.39, 0.29) is 70.6 Å². The van der Waals surface area contributed by atoms with Gasteiger partial charge in [0, 0.05) is 0 Å². The van der Waals surface area contributed by atoms with Gasteiger partial charge >= 0.3 is 29.5 Å². The number of nitro groups is 1. The molecule has 0 unspecified atom stereocenters. The summed E-state index contributed by atoms with van der Waals surface area (Å²) in [6.07, 6.45) is 6.27. The Kier molecular flexibility index (Phi) is 13.7. The van der Waals surface area contributed by atoms with Crippen molar-refractivity contribution in [2.24, 2.45) is 0 Å². The number of nitrogens with one attached hydrogen (secondary N) is 1. The largest absolute Gasteiger partial charge is 0.490 e. The number of amides is 1. The molecule has 2 aliphatic rings. The second kappa shape index (κ2) is 18.5. The van der Waals surface area contributed by atoms with E-state index in [1.807, 2.05) is 36.4 Å². The van der Waals surface area contributed by atoms with Gasteiger partial charge in [0.2, 0.25) is 11.6 Å². The molecule has 2 aliphatic heterocycles. The first-order valence-electron chi connectivity index (χ1n) is 16.2. The molecule has 8 bridgehead atoms. The average molecular weight is 759 g/mol. The molecular weight excluding hydrogens is 716 g/mol. The van der Waals surface area contributed by atoms with E-state index in [1.54, 1.807) is 43.3 Å². The number of aromatic amines is 1. The molecule has 5 heterocycles. The van der Waals surface area contributed by atoms with Gasteiger partial charge in [0.25, 0.3) is 0 Å². The highest BCUT2D eigenvalue weighted by molar-refractivity contribution is 5.90. The summed E-state index contributed by atoms with van der Waals surface area (Å²) in [6.45, 7) is 3.06. The van der Waals surface area contributed by atoms with E-state index >= 15 is 0 Å². The Hall–Kier alpha value is -7.18. The number of nitrogens with zero attached hydrogens (tertiary/aromatic N) is 7. The van der Waals surface area contributed by atoms with Crippen molar-refractivity contribution in [3.05, 3.63) is 105 Å². The molecule has 0 spiro atoms. The van der Waals surface area contributed by atoms with Crippen LogP contribution in [0.4, 0.5) is 27.9 Å². The van der Waals surface area contributed by atoms with Gasteiger partial charge in [-0.2, -0.15) is 19.9 Å².